The molecule has 220 valence electrons. The number of piperidine rings is 1. The summed E-state index contributed by atoms with van der Waals surface area (Å²) < 4.78 is 71.5. The lowest BCUT2D eigenvalue weighted by molar-refractivity contribution is -0.137. The minimum atomic E-state index is -4.47. The predicted octanol–water partition coefficient (Wildman–Crippen LogP) is 4.86. The first-order valence-corrected chi connectivity index (χ1v) is 15.2. The van der Waals surface area contributed by atoms with Crippen LogP contribution in [-0.2, 0) is 26.6 Å². The number of halogens is 4. The number of hydrogen-bond acceptors (Lipinski definition) is 6. The Kier molecular flexibility index (Phi) is 9.02. The molecule has 3 aromatic carbocycles. The third kappa shape index (κ3) is 7.59. The van der Waals surface area contributed by atoms with Crippen molar-refractivity contribution in [1.29, 1.82) is 0 Å². The monoisotopic (exact) mass is 655 g/mol. The van der Waals surface area contributed by atoms with Crippen molar-refractivity contribution in [2.24, 2.45) is 5.73 Å². The number of carbonyl (C=O) groups excluding carboxylic acids is 1. The van der Waals surface area contributed by atoms with E-state index in [4.69, 9.17) is 10.5 Å². The fraction of sp³-hybridized carbons (Fsp3) is 0.321. The minimum absolute atomic E-state index is 0.174. The van der Waals surface area contributed by atoms with Crippen LogP contribution in [0, 0.1) is 0 Å². The Bertz CT molecular complexity index is 1460. The van der Waals surface area contributed by atoms with E-state index in [9.17, 15) is 31.5 Å². The van der Waals surface area contributed by atoms with Crippen LogP contribution >= 0.6 is 15.9 Å². The summed E-state index contributed by atoms with van der Waals surface area (Å²) in [5, 5.41) is 11.2. The standard InChI is InChI=1S/C28H29BrF3N3O5S/c1-41(38,39)35(22-8-12-24(13-9-22)40-23-10-4-20(5-11-23)28(30,31)32)18-25(26(33)36)34-16-14-27(37,15-17-34)19-2-6-21(29)7-3-19/h2-13,25,37H,14-18H2,1H3,(H2,33,36)/t25-/m0/s1. The zero-order valence-corrected chi connectivity index (χ0v) is 24.4. The summed E-state index contributed by atoms with van der Waals surface area (Å²) in [6, 6.07) is 16.5. The average molecular weight is 657 g/mol. The number of nitrogens with two attached hydrogens (primary N) is 1. The summed E-state index contributed by atoms with van der Waals surface area (Å²) >= 11 is 3.38. The Balaban J connectivity index is 1.47. The Morgan fingerprint density at radius 1 is 1.02 bits per heavy atom. The van der Waals surface area contributed by atoms with Crippen LogP contribution in [-0.4, -0.2) is 56.3 Å². The van der Waals surface area contributed by atoms with Crippen molar-refractivity contribution < 1.29 is 36.2 Å². The van der Waals surface area contributed by atoms with Crippen LogP contribution in [0.4, 0.5) is 18.9 Å². The molecule has 1 saturated heterocycles. The van der Waals surface area contributed by atoms with Gasteiger partial charge in [-0.05, 0) is 79.1 Å². The third-order valence-corrected chi connectivity index (χ3v) is 8.75. The molecule has 0 unspecified atom stereocenters. The van der Waals surface area contributed by atoms with Crippen LogP contribution in [0.15, 0.2) is 77.3 Å². The number of alkyl halides is 3. The number of rotatable bonds is 9. The molecule has 0 spiro atoms. The summed E-state index contributed by atoms with van der Waals surface area (Å²) in [6.07, 6.45) is -2.80. The number of carbonyl (C=O) groups is 1. The second-order valence-corrected chi connectivity index (χ2v) is 12.7. The molecule has 1 amide bonds. The van der Waals surface area contributed by atoms with E-state index in [1.165, 1.54) is 36.4 Å². The first-order valence-electron chi connectivity index (χ1n) is 12.6. The van der Waals surface area contributed by atoms with Crippen LogP contribution in [0.2, 0.25) is 0 Å². The van der Waals surface area contributed by atoms with Gasteiger partial charge in [0.15, 0.2) is 0 Å². The van der Waals surface area contributed by atoms with Crippen molar-refractivity contribution in [2.75, 3.05) is 30.2 Å². The molecule has 3 N–H and O–H groups in total. The fourth-order valence-electron chi connectivity index (χ4n) is 4.76. The highest BCUT2D eigenvalue weighted by Gasteiger charge is 2.39. The fourth-order valence-corrected chi connectivity index (χ4v) is 5.94. The topological polar surface area (TPSA) is 113 Å². The van der Waals surface area contributed by atoms with Gasteiger partial charge >= 0.3 is 6.18 Å². The predicted molar refractivity (Wildman–Crippen MR) is 152 cm³/mol. The molecule has 0 saturated carbocycles. The van der Waals surface area contributed by atoms with Gasteiger partial charge in [-0.1, -0.05) is 28.1 Å². The smallest absolute Gasteiger partial charge is 0.416 e. The largest absolute Gasteiger partial charge is 0.457 e. The lowest BCUT2D eigenvalue weighted by atomic mass is 9.84. The van der Waals surface area contributed by atoms with E-state index < -0.39 is 39.3 Å². The Morgan fingerprint density at radius 2 is 1.54 bits per heavy atom. The van der Waals surface area contributed by atoms with Gasteiger partial charge in [-0.2, -0.15) is 13.2 Å². The quantitative estimate of drug-likeness (QED) is 0.340. The van der Waals surface area contributed by atoms with Gasteiger partial charge in [0.25, 0.3) is 0 Å². The normalized spacial score (nSPS) is 16.6. The molecule has 8 nitrogen and oxygen atoms in total. The van der Waals surface area contributed by atoms with Crippen LogP contribution < -0.4 is 14.8 Å². The number of ether oxygens (including phenoxy) is 1. The van der Waals surface area contributed by atoms with Gasteiger partial charge in [0.05, 0.1) is 29.7 Å². The Labute approximate surface area is 244 Å². The molecule has 0 aromatic heterocycles. The van der Waals surface area contributed by atoms with Gasteiger partial charge in [-0.25, -0.2) is 8.42 Å². The second kappa shape index (κ2) is 12.0. The lowest BCUT2D eigenvalue weighted by Gasteiger charge is -2.42. The van der Waals surface area contributed by atoms with E-state index in [0.29, 0.717) is 25.9 Å². The van der Waals surface area contributed by atoms with Crippen molar-refractivity contribution in [3.05, 3.63) is 88.4 Å². The van der Waals surface area contributed by atoms with Crippen molar-refractivity contribution in [3.8, 4) is 11.5 Å². The van der Waals surface area contributed by atoms with Crippen molar-refractivity contribution in [3.63, 3.8) is 0 Å². The summed E-state index contributed by atoms with van der Waals surface area (Å²) in [4.78, 5) is 14.3. The molecule has 1 atom stereocenters. The zero-order chi connectivity index (χ0) is 30.0. The summed E-state index contributed by atoms with van der Waals surface area (Å²) in [5.41, 5.74) is 4.84. The van der Waals surface area contributed by atoms with E-state index in [-0.39, 0.29) is 23.7 Å². The van der Waals surface area contributed by atoms with Gasteiger partial charge in [0.2, 0.25) is 15.9 Å². The average Bonchev–Trinajstić information content (AvgIpc) is 2.90. The highest BCUT2D eigenvalue weighted by molar-refractivity contribution is 9.10. The second-order valence-electron chi connectivity index (χ2n) is 9.90. The van der Waals surface area contributed by atoms with Gasteiger partial charge in [-0.15, -0.1) is 0 Å². The summed E-state index contributed by atoms with van der Waals surface area (Å²) in [5.74, 6) is -0.251. The molecule has 41 heavy (non-hydrogen) atoms. The zero-order valence-electron chi connectivity index (χ0n) is 22.0. The number of benzene rings is 3. The molecule has 3 aromatic rings. The van der Waals surface area contributed by atoms with Crippen LogP contribution in [0.5, 0.6) is 11.5 Å². The number of amides is 1. The van der Waals surface area contributed by atoms with Crippen LogP contribution in [0.3, 0.4) is 0 Å². The molecule has 0 radical (unpaired) electrons. The maximum absolute atomic E-state index is 12.8. The van der Waals surface area contributed by atoms with Crippen molar-refractivity contribution in [1.82, 2.24) is 4.90 Å². The lowest BCUT2D eigenvalue weighted by Crippen LogP contribution is -2.56. The molecule has 1 fully saturated rings. The number of sulfonamides is 1. The van der Waals surface area contributed by atoms with Gasteiger partial charge in [0, 0.05) is 17.6 Å². The highest BCUT2D eigenvalue weighted by atomic mass is 79.9. The summed E-state index contributed by atoms with van der Waals surface area (Å²) in [6.45, 7) is 0.388. The SMILES string of the molecule is CS(=O)(=O)N(C[C@@H](C(N)=O)N1CCC(O)(c2ccc(Br)cc2)CC1)c1ccc(Oc2ccc(C(F)(F)F)cc2)cc1. The molecule has 0 bridgehead atoms. The first-order chi connectivity index (χ1) is 19.2. The molecule has 0 aliphatic carbocycles. The molecular formula is C28H29BrF3N3O5S. The molecule has 4 rings (SSSR count). The van der Waals surface area contributed by atoms with Crippen molar-refractivity contribution in [2.45, 2.75) is 30.7 Å². The molecule has 13 heteroatoms. The van der Waals surface area contributed by atoms with Gasteiger partial charge < -0.3 is 15.6 Å². The van der Waals surface area contributed by atoms with Gasteiger partial charge in [-0.3, -0.25) is 14.0 Å². The maximum atomic E-state index is 12.8. The van der Waals surface area contributed by atoms with Crippen molar-refractivity contribution >= 4 is 37.5 Å². The molecule has 1 aliphatic rings. The Morgan fingerprint density at radius 3 is 2.00 bits per heavy atom. The van der Waals surface area contributed by atoms with E-state index in [1.54, 1.807) is 4.90 Å². The number of likely N-dealkylation sites (tertiary alicyclic amines) is 1. The van der Waals surface area contributed by atoms with E-state index in [2.05, 4.69) is 15.9 Å². The third-order valence-electron chi connectivity index (χ3n) is 7.06. The van der Waals surface area contributed by atoms with E-state index >= 15 is 0 Å². The van der Waals surface area contributed by atoms with Crippen LogP contribution in [0.1, 0.15) is 24.0 Å². The number of hydrogen-bond donors (Lipinski definition) is 2. The molecule has 1 aliphatic heterocycles. The molecule has 1 heterocycles. The first kappa shape index (κ1) is 30.8. The summed E-state index contributed by atoms with van der Waals surface area (Å²) in [7, 11) is -3.85. The minimum Gasteiger partial charge on any atom is -0.457 e. The van der Waals surface area contributed by atoms with Crippen LogP contribution in [0.25, 0.3) is 0 Å². The van der Waals surface area contributed by atoms with E-state index in [1.807, 2.05) is 24.3 Å². The number of anilines is 1. The Hall–Kier alpha value is -3.13. The number of nitrogens with zero attached hydrogens (tertiary/aromatic N) is 2. The van der Waals surface area contributed by atoms with E-state index in [0.717, 1.165) is 32.7 Å². The molecular weight excluding hydrogens is 627 g/mol. The van der Waals surface area contributed by atoms with Gasteiger partial charge in [0.1, 0.15) is 17.5 Å². The maximum Gasteiger partial charge on any atom is 0.416 e. The number of aliphatic hydroxyl groups is 1. The number of primary amides is 1. The highest BCUT2D eigenvalue weighted by Crippen LogP contribution is 2.35.